The number of hydrogen-bond acceptors (Lipinski definition) is 4. The molecule has 2 aromatic heterocycles. The molecule has 1 atom stereocenters. The van der Waals surface area contributed by atoms with Gasteiger partial charge in [0.2, 0.25) is 5.91 Å². The summed E-state index contributed by atoms with van der Waals surface area (Å²) in [6.07, 6.45) is 1.47. The van der Waals surface area contributed by atoms with E-state index in [1.165, 1.54) is 15.3 Å². The van der Waals surface area contributed by atoms with Gasteiger partial charge in [0, 0.05) is 48.3 Å². The molecule has 1 amide bonds. The van der Waals surface area contributed by atoms with Crippen LogP contribution in [0, 0.1) is 0 Å². The summed E-state index contributed by atoms with van der Waals surface area (Å²) in [4.78, 5) is 22.0. The van der Waals surface area contributed by atoms with Crippen molar-refractivity contribution < 1.29 is 4.79 Å². The minimum Gasteiger partial charge on any atom is -0.357 e. The van der Waals surface area contributed by atoms with Crippen LogP contribution in [0.1, 0.15) is 41.5 Å². The smallest absolute Gasteiger partial charge is 0.224 e. The number of rotatable bonds is 7. The van der Waals surface area contributed by atoms with Crippen molar-refractivity contribution in [2.24, 2.45) is 4.99 Å². The molecule has 0 fully saturated rings. The number of nitrogens with zero attached hydrogens (tertiary/aromatic N) is 2. The van der Waals surface area contributed by atoms with Crippen LogP contribution in [0.2, 0.25) is 0 Å². The van der Waals surface area contributed by atoms with Crippen molar-refractivity contribution in [3.05, 3.63) is 44.3 Å². The van der Waals surface area contributed by atoms with Crippen molar-refractivity contribution in [2.45, 2.75) is 39.2 Å². The van der Waals surface area contributed by atoms with Gasteiger partial charge in [0.15, 0.2) is 5.96 Å². The Morgan fingerprint density at radius 1 is 1.30 bits per heavy atom. The molecule has 7 heteroatoms. The molecule has 0 saturated carbocycles. The Labute approximate surface area is 169 Å². The van der Waals surface area contributed by atoms with Gasteiger partial charge in [-0.25, -0.2) is 0 Å². The number of aliphatic imine (C=N–C) groups is 1. The van der Waals surface area contributed by atoms with Gasteiger partial charge in [-0.1, -0.05) is 13.0 Å². The molecule has 1 aliphatic heterocycles. The standard InChI is InChI=1S/C20H28N4OS2/c1-3-21-20(23-13-15(2)17-5-4-11-26-17)22-9-6-19(25)24-10-7-18-16(14-24)8-12-27-18/h4-5,8,11-12,15H,3,6-7,9-10,13-14H2,1-2H3,(H2,21,22,23). The molecule has 0 saturated heterocycles. The molecule has 3 heterocycles. The summed E-state index contributed by atoms with van der Waals surface area (Å²) in [6.45, 7) is 7.97. The molecule has 5 nitrogen and oxygen atoms in total. The highest BCUT2D eigenvalue weighted by Crippen LogP contribution is 2.24. The van der Waals surface area contributed by atoms with E-state index in [0.717, 1.165) is 38.6 Å². The van der Waals surface area contributed by atoms with E-state index in [1.807, 2.05) is 4.90 Å². The maximum absolute atomic E-state index is 12.5. The molecule has 0 bridgehead atoms. The first-order chi connectivity index (χ1) is 13.2. The van der Waals surface area contributed by atoms with Gasteiger partial charge in [0.1, 0.15) is 0 Å². The van der Waals surface area contributed by atoms with Crippen LogP contribution in [0.3, 0.4) is 0 Å². The monoisotopic (exact) mass is 404 g/mol. The largest absolute Gasteiger partial charge is 0.357 e. The first-order valence-corrected chi connectivity index (χ1v) is 11.3. The summed E-state index contributed by atoms with van der Waals surface area (Å²) < 4.78 is 0. The number of carbonyl (C=O) groups is 1. The summed E-state index contributed by atoms with van der Waals surface area (Å²) >= 11 is 3.57. The van der Waals surface area contributed by atoms with Crippen molar-refractivity contribution in [3.8, 4) is 0 Å². The first-order valence-electron chi connectivity index (χ1n) is 9.56. The molecule has 1 aliphatic rings. The van der Waals surface area contributed by atoms with Gasteiger partial charge >= 0.3 is 0 Å². The second-order valence-corrected chi connectivity index (χ2v) is 8.73. The lowest BCUT2D eigenvalue weighted by Crippen LogP contribution is -2.41. The van der Waals surface area contributed by atoms with Crippen LogP contribution < -0.4 is 10.6 Å². The molecule has 0 aliphatic carbocycles. The van der Waals surface area contributed by atoms with Gasteiger partial charge in [-0.15, -0.1) is 22.7 Å². The van der Waals surface area contributed by atoms with Crippen molar-refractivity contribution in [2.75, 3.05) is 26.2 Å². The third kappa shape index (κ3) is 5.56. The normalized spacial score (nSPS) is 15.3. The van der Waals surface area contributed by atoms with Gasteiger partial charge in [-0.2, -0.15) is 0 Å². The Morgan fingerprint density at radius 2 is 2.19 bits per heavy atom. The molecule has 0 spiro atoms. The number of nitrogens with one attached hydrogen (secondary N) is 2. The number of guanidine groups is 1. The SMILES string of the molecule is CCNC(=NCC(C)c1cccs1)NCCC(=O)N1CCc2sccc2C1. The highest BCUT2D eigenvalue weighted by molar-refractivity contribution is 7.10. The summed E-state index contributed by atoms with van der Waals surface area (Å²) in [7, 11) is 0. The van der Waals surface area contributed by atoms with E-state index in [4.69, 9.17) is 0 Å². The number of hydrogen-bond donors (Lipinski definition) is 2. The fraction of sp³-hybridized carbons (Fsp3) is 0.500. The summed E-state index contributed by atoms with van der Waals surface area (Å²) in [5.41, 5.74) is 1.31. The molecule has 0 aromatic carbocycles. The first kappa shape index (κ1) is 19.9. The number of fused-ring (bicyclic) bond motifs is 1. The van der Waals surface area contributed by atoms with Crippen LogP contribution in [-0.2, 0) is 17.8 Å². The lowest BCUT2D eigenvalue weighted by molar-refractivity contribution is -0.131. The van der Waals surface area contributed by atoms with E-state index in [1.54, 1.807) is 22.7 Å². The molecule has 1 unspecified atom stereocenters. The van der Waals surface area contributed by atoms with Crippen LogP contribution in [-0.4, -0.2) is 42.9 Å². The lowest BCUT2D eigenvalue weighted by Gasteiger charge is -2.27. The van der Waals surface area contributed by atoms with Gasteiger partial charge in [-0.3, -0.25) is 9.79 Å². The zero-order valence-electron chi connectivity index (χ0n) is 16.0. The van der Waals surface area contributed by atoms with Gasteiger partial charge in [0.25, 0.3) is 0 Å². The molecular weight excluding hydrogens is 376 g/mol. The van der Waals surface area contributed by atoms with Crippen molar-refractivity contribution in [3.63, 3.8) is 0 Å². The van der Waals surface area contributed by atoms with Crippen LogP contribution >= 0.6 is 22.7 Å². The molecule has 146 valence electrons. The maximum atomic E-state index is 12.5. The Kier molecular flexibility index (Phi) is 7.29. The van der Waals surface area contributed by atoms with Crippen LogP contribution in [0.4, 0.5) is 0 Å². The second-order valence-electron chi connectivity index (χ2n) is 6.75. The Balaban J connectivity index is 1.45. The predicted molar refractivity (Wildman–Crippen MR) is 115 cm³/mol. The molecule has 3 rings (SSSR count). The molecule has 2 aromatic rings. The fourth-order valence-electron chi connectivity index (χ4n) is 3.14. The summed E-state index contributed by atoms with van der Waals surface area (Å²) in [5, 5.41) is 10.8. The summed E-state index contributed by atoms with van der Waals surface area (Å²) in [6, 6.07) is 6.37. The molecular formula is C20H28N4OS2. The minimum atomic E-state index is 0.210. The predicted octanol–water partition coefficient (Wildman–Crippen LogP) is 3.44. The van der Waals surface area contributed by atoms with Crippen LogP contribution in [0.5, 0.6) is 0 Å². The van der Waals surface area contributed by atoms with Gasteiger partial charge < -0.3 is 15.5 Å². The van der Waals surface area contributed by atoms with Crippen LogP contribution in [0.15, 0.2) is 34.0 Å². The highest BCUT2D eigenvalue weighted by atomic mass is 32.1. The van der Waals surface area contributed by atoms with E-state index in [-0.39, 0.29) is 5.91 Å². The fourth-order valence-corrected chi connectivity index (χ4v) is 4.81. The number of carbonyl (C=O) groups excluding carboxylic acids is 1. The third-order valence-electron chi connectivity index (χ3n) is 4.69. The molecule has 2 N–H and O–H groups in total. The Hall–Kier alpha value is -1.86. The Bertz CT molecular complexity index is 754. The highest BCUT2D eigenvalue weighted by Gasteiger charge is 2.21. The van der Waals surface area contributed by atoms with Crippen molar-refractivity contribution >= 4 is 34.5 Å². The number of amides is 1. The van der Waals surface area contributed by atoms with E-state index in [0.29, 0.717) is 18.9 Å². The van der Waals surface area contributed by atoms with E-state index >= 15 is 0 Å². The minimum absolute atomic E-state index is 0.210. The zero-order chi connectivity index (χ0) is 19.1. The van der Waals surface area contributed by atoms with Crippen LogP contribution in [0.25, 0.3) is 0 Å². The van der Waals surface area contributed by atoms with Crippen molar-refractivity contribution in [1.29, 1.82) is 0 Å². The summed E-state index contributed by atoms with van der Waals surface area (Å²) in [5.74, 6) is 1.39. The zero-order valence-corrected chi connectivity index (χ0v) is 17.7. The molecule has 0 radical (unpaired) electrons. The maximum Gasteiger partial charge on any atom is 0.224 e. The third-order valence-corrected chi connectivity index (χ3v) is 6.81. The van der Waals surface area contributed by atoms with E-state index in [9.17, 15) is 4.79 Å². The van der Waals surface area contributed by atoms with Gasteiger partial charge in [0.05, 0.1) is 6.54 Å². The average Bonchev–Trinajstić information content (AvgIpc) is 3.36. The average molecular weight is 405 g/mol. The second kappa shape index (κ2) is 9.90. The van der Waals surface area contributed by atoms with E-state index in [2.05, 4.69) is 58.4 Å². The number of thiophene rings is 2. The molecule has 27 heavy (non-hydrogen) atoms. The Morgan fingerprint density at radius 3 is 2.96 bits per heavy atom. The van der Waals surface area contributed by atoms with Crippen molar-refractivity contribution in [1.82, 2.24) is 15.5 Å². The quantitative estimate of drug-likeness (QED) is 0.549. The topological polar surface area (TPSA) is 56.7 Å². The van der Waals surface area contributed by atoms with Gasteiger partial charge in [-0.05, 0) is 41.8 Å². The lowest BCUT2D eigenvalue weighted by atomic mass is 10.1. The van der Waals surface area contributed by atoms with E-state index < -0.39 is 0 Å².